The van der Waals surface area contributed by atoms with Crippen LogP contribution in [0.15, 0.2) is 48.0 Å². The van der Waals surface area contributed by atoms with Gasteiger partial charge in [-0.05, 0) is 42.6 Å². The number of benzene rings is 1. The van der Waals surface area contributed by atoms with Gasteiger partial charge in [0.15, 0.2) is 0 Å². The molecule has 102 valence electrons. The van der Waals surface area contributed by atoms with E-state index in [-0.39, 0.29) is 0 Å². The van der Waals surface area contributed by atoms with Gasteiger partial charge in [0.25, 0.3) is 0 Å². The van der Waals surface area contributed by atoms with E-state index in [1.54, 1.807) is 17.5 Å². The molecule has 2 N–H and O–H groups in total. The highest BCUT2D eigenvalue weighted by molar-refractivity contribution is 7.10. The first kappa shape index (κ1) is 12.9. The second-order valence-electron chi connectivity index (χ2n) is 4.88. The summed E-state index contributed by atoms with van der Waals surface area (Å²) in [6.07, 6.45) is 1.78. The van der Waals surface area contributed by atoms with Crippen molar-refractivity contribution in [3.63, 3.8) is 0 Å². The number of hydrogen-bond donors (Lipinski definition) is 1. The molecule has 2 heterocycles. The Morgan fingerprint density at radius 3 is 2.80 bits per heavy atom. The predicted molar refractivity (Wildman–Crippen MR) is 87.3 cm³/mol. The fourth-order valence-electron chi connectivity index (χ4n) is 2.42. The maximum Gasteiger partial charge on any atom is 0.0951 e. The average Bonchev–Trinajstić information content (AvgIpc) is 3.01. The molecule has 0 aliphatic carbocycles. The van der Waals surface area contributed by atoms with E-state index in [0.717, 1.165) is 22.3 Å². The molecule has 3 nitrogen and oxygen atoms in total. The molecule has 3 rings (SSSR count). The van der Waals surface area contributed by atoms with E-state index >= 15 is 0 Å². The Hall–Kier alpha value is -2.07. The quantitative estimate of drug-likeness (QED) is 0.737. The van der Waals surface area contributed by atoms with Crippen LogP contribution in [0.5, 0.6) is 0 Å². The molecule has 0 saturated heterocycles. The minimum absolute atomic E-state index is 0.321. The molecule has 4 heteroatoms. The fourth-order valence-corrected chi connectivity index (χ4v) is 3.24. The van der Waals surface area contributed by atoms with Crippen LogP contribution in [0.1, 0.15) is 17.8 Å². The molecule has 0 amide bonds. The Morgan fingerprint density at radius 2 is 2.05 bits per heavy atom. The standard InChI is InChI=1S/C16H17N3S/c1-11(15-6-4-10-20-15)19(2)14-8-7-13(17)16-12(14)5-3-9-18-16/h3-11H,17H2,1-2H3. The number of anilines is 2. The number of thiophene rings is 1. The van der Waals surface area contributed by atoms with Crippen molar-refractivity contribution < 1.29 is 0 Å². The number of fused-ring (bicyclic) bond motifs is 1. The Kier molecular flexibility index (Phi) is 3.32. The van der Waals surface area contributed by atoms with Gasteiger partial charge in [0.05, 0.1) is 17.2 Å². The van der Waals surface area contributed by atoms with Gasteiger partial charge < -0.3 is 10.6 Å². The second kappa shape index (κ2) is 5.13. The summed E-state index contributed by atoms with van der Waals surface area (Å²) >= 11 is 1.78. The van der Waals surface area contributed by atoms with Gasteiger partial charge >= 0.3 is 0 Å². The molecule has 20 heavy (non-hydrogen) atoms. The molecule has 0 bridgehead atoms. The van der Waals surface area contributed by atoms with Crippen LogP contribution in [-0.2, 0) is 0 Å². The highest BCUT2D eigenvalue weighted by Crippen LogP contribution is 2.34. The van der Waals surface area contributed by atoms with Gasteiger partial charge in [-0.25, -0.2) is 0 Å². The third kappa shape index (κ3) is 2.12. The summed E-state index contributed by atoms with van der Waals surface area (Å²) < 4.78 is 0. The molecule has 0 spiro atoms. The summed E-state index contributed by atoms with van der Waals surface area (Å²) in [6, 6.07) is 12.6. The highest BCUT2D eigenvalue weighted by Gasteiger charge is 2.16. The fraction of sp³-hybridized carbons (Fsp3) is 0.188. The zero-order chi connectivity index (χ0) is 14.1. The molecule has 0 saturated carbocycles. The van der Waals surface area contributed by atoms with Crippen molar-refractivity contribution in [2.75, 3.05) is 17.7 Å². The lowest BCUT2D eigenvalue weighted by atomic mass is 10.1. The first-order valence-corrected chi connectivity index (χ1v) is 7.46. The molecule has 0 aliphatic heterocycles. The molecular weight excluding hydrogens is 266 g/mol. The van der Waals surface area contributed by atoms with E-state index in [9.17, 15) is 0 Å². The van der Waals surface area contributed by atoms with Crippen molar-refractivity contribution in [1.82, 2.24) is 4.98 Å². The van der Waals surface area contributed by atoms with Crippen LogP contribution < -0.4 is 10.6 Å². The Morgan fingerprint density at radius 1 is 1.20 bits per heavy atom. The Bertz CT molecular complexity index is 722. The first-order valence-electron chi connectivity index (χ1n) is 6.58. The van der Waals surface area contributed by atoms with Gasteiger partial charge in [-0.3, -0.25) is 4.98 Å². The smallest absolute Gasteiger partial charge is 0.0951 e. The van der Waals surface area contributed by atoms with Crippen LogP contribution in [0.2, 0.25) is 0 Å². The van der Waals surface area contributed by atoms with E-state index in [1.807, 2.05) is 12.1 Å². The zero-order valence-electron chi connectivity index (χ0n) is 11.6. The number of rotatable bonds is 3. The van der Waals surface area contributed by atoms with E-state index in [1.165, 1.54) is 4.88 Å². The summed E-state index contributed by atoms with van der Waals surface area (Å²) in [5, 5.41) is 3.21. The van der Waals surface area contributed by atoms with Gasteiger partial charge in [0.2, 0.25) is 0 Å². The molecule has 0 aliphatic rings. The third-order valence-electron chi connectivity index (χ3n) is 3.69. The Labute approximate surface area is 122 Å². The van der Waals surface area contributed by atoms with Crippen LogP contribution in [-0.4, -0.2) is 12.0 Å². The number of nitrogen functional groups attached to an aromatic ring is 1. The van der Waals surface area contributed by atoms with Crippen LogP contribution in [0.3, 0.4) is 0 Å². The maximum absolute atomic E-state index is 6.02. The monoisotopic (exact) mass is 283 g/mol. The summed E-state index contributed by atoms with van der Waals surface area (Å²) in [6.45, 7) is 2.21. The van der Waals surface area contributed by atoms with Crippen molar-refractivity contribution >= 4 is 33.6 Å². The minimum atomic E-state index is 0.321. The topological polar surface area (TPSA) is 42.1 Å². The molecular formula is C16H17N3S. The Balaban J connectivity index is 2.08. The van der Waals surface area contributed by atoms with E-state index in [4.69, 9.17) is 5.73 Å². The lowest BCUT2D eigenvalue weighted by Crippen LogP contribution is -2.21. The highest BCUT2D eigenvalue weighted by atomic mass is 32.1. The van der Waals surface area contributed by atoms with Crippen LogP contribution in [0.4, 0.5) is 11.4 Å². The second-order valence-corrected chi connectivity index (χ2v) is 5.86. The van der Waals surface area contributed by atoms with E-state index in [0.29, 0.717) is 6.04 Å². The van der Waals surface area contributed by atoms with Gasteiger partial charge in [-0.15, -0.1) is 11.3 Å². The van der Waals surface area contributed by atoms with Crippen molar-refractivity contribution in [3.8, 4) is 0 Å². The van der Waals surface area contributed by atoms with Gasteiger partial charge in [0, 0.05) is 29.2 Å². The zero-order valence-corrected chi connectivity index (χ0v) is 12.4. The molecule has 3 aromatic rings. The van der Waals surface area contributed by atoms with Gasteiger partial charge in [0.1, 0.15) is 0 Å². The van der Waals surface area contributed by atoms with Crippen LogP contribution in [0.25, 0.3) is 10.9 Å². The van der Waals surface area contributed by atoms with Crippen molar-refractivity contribution in [2.24, 2.45) is 0 Å². The largest absolute Gasteiger partial charge is 0.397 e. The number of aromatic nitrogens is 1. The lowest BCUT2D eigenvalue weighted by Gasteiger charge is -2.27. The summed E-state index contributed by atoms with van der Waals surface area (Å²) in [4.78, 5) is 8.02. The molecule has 0 radical (unpaired) electrons. The number of hydrogen-bond acceptors (Lipinski definition) is 4. The normalized spacial score (nSPS) is 12.5. The molecule has 1 atom stereocenters. The number of pyridine rings is 1. The molecule has 1 aromatic carbocycles. The first-order chi connectivity index (χ1) is 9.68. The van der Waals surface area contributed by atoms with E-state index < -0.39 is 0 Å². The summed E-state index contributed by atoms with van der Waals surface area (Å²) in [5.41, 5.74) is 8.77. The summed E-state index contributed by atoms with van der Waals surface area (Å²) in [7, 11) is 2.11. The molecule has 0 fully saturated rings. The van der Waals surface area contributed by atoms with Crippen molar-refractivity contribution in [3.05, 3.63) is 52.9 Å². The SMILES string of the molecule is CC(c1cccs1)N(C)c1ccc(N)c2ncccc12. The maximum atomic E-state index is 6.02. The number of nitrogens with zero attached hydrogens (tertiary/aromatic N) is 2. The third-order valence-corrected chi connectivity index (χ3v) is 4.74. The lowest BCUT2D eigenvalue weighted by molar-refractivity contribution is 0.757. The van der Waals surface area contributed by atoms with Crippen molar-refractivity contribution in [1.29, 1.82) is 0 Å². The molecule has 1 unspecified atom stereocenters. The van der Waals surface area contributed by atoms with Crippen LogP contribution in [0, 0.1) is 0 Å². The molecule has 2 aromatic heterocycles. The minimum Gasteiger partial charge on any atom is -0.397 e. The predicted octanol–water partition coefficient (Wildman–Crippen LogP) is 4.08. The summed E-state index contributed by atoms with van der Waals surface area (Å²) in [5.74, 6) is 0. The van der Waals surface area contributed by atoms with Crippen LogP contribution >= 0.6 is 11.3 Å². The van der Waals surface area contributed by atoms with Crippen molar-refractivity contribution in [2.45, 2.75) is 13.0 Å². The average molecular weight is 283 g/mol. The van der Waals surface area contributed by atoms with E-state index in [2.05, 4.69) is 53.5 Å². The van der Waals surface area contributed by atoms with Gasteiger partial charge in [-0.2, -0.15) is 0 Å². The number of nitrogens with two attached hydrogens (primary N) is 1. The van der Waals surface area contributed by atoms with Gasteiger partial charge in [-0.1, -0.05) is 6.07 Å².